The Hall–Kier alpha value is -0.423. The minimum absolute atomic E-state index is 0.711. The number of hydrogen-bond donors (Lipinski definition) is 0. The van der Waals surface area contributed by atoms with E-state index in [1.807, 2.05) is 11.8 Å². The van der Waals surface area contributed by atoms with Crippen LogP contribution in [0.2, 0.25) is 0 Å². The van der Waals surface area contributed by atoms with Gasteiger partial charge in [0.2, 0.25) is 0 Å². The van der Waals surface area contributed by atoms with Crippen molar-refractivity contribution >= 4 is 8.80 Å². The summed E-state index contributed by atoms with van der Waals surface area (Å²) in [4.78, 5) is 0. The summed E-state index contributed by atoms with van der Waals surface area (Å²) < 4.78 is 18.5. The lowest BCUT2D eigenvalue weighted by Gasteiger charge is -2.27. The minimum Gasteiger partial charge on any atom is -0.370 e. The van der Waals surface area contributed by atoms with Gasteiger partial charge in [0.05, 0.1) is 0 Å². The second kappa shape index (κ2) is 16.4. The van der Waals surface area contributed by atoms with Gasteiger partial charge in [0.1, 0.15) is 0 Å². The van der Waals surface area contributed by atoms with Crippen LogP contribution in [0.3, 0.4) is 0 Å². The lowest BCUT2D eigenvalue weighted by atomic mass is 10.3. The lowest BCUT2D eigenvalue weighted by Crippen LogP contribution is -2.45. The molecule has 23 heavy (non-hydrogen) atoms. The van der Waals surface area contributed by atoms with Crippen LogP contribution in [0.15, 0.2) is 24.4 Å². The molecule has 0 bridgehead atoms. The van der Waals surface area contributed by atoms with Crippen LogP contribution >= 0.6 is 0 Å². The maximum atomic E-state index is 6.15. The SMILES string of the molecule is C=CC=C[Si](OCCCCC)(OCCCCC)OCCCCC. The van der Waals surface area contributed by atoms with Gasteiger partial charge in [-0.1, -0.05) is 78.0 Å². The summed E-state index contributed by atoms with van der Waals surface area (Å²) in [6.45, 7) is 12.5. The normalized spacial score (nSPS) is 12.1. The maximum absolute atomic E-state index is 6.15. The van der Waals surface area contributed by atoms with E-state index in [-0.39, 0.29) is 0 Å². The van der Waals surface area contributed by atoms with Crippen LogP contribution in [0.5, 0.6) is 0 Å². The number of allylic oxidation sites excluding steroid dienone is 2. The monoisotopic (exact) mass is 342 g/mol. The van der Waals surface area contributed by atoms with E-state index in [2.05, 4.69) is 27.4 Å². The fourth-order valence-corrected chi connectivity index (χ4v) is 4.35. The first-order chi connectivity index (χ1) is 11.2. The highest BCUT2D eigenvalue weighted by Gasteiger charge is 2.38. The molecule has 0 unspecified atom stereocenters. The summed E-state index contributed by atoms with van der Waals surface area (Å²) >= 11 is 0. The molecule has 0 aliphatic rings. The van der Waals surface area contributed by atoms with Gasteiger partial charge in [0.25, 0.3) is 0 Å². The van der Waals surface area contributed by atoms with Crippen molar-refractivity contribution in [1.82, 2.24) is 0 Å². The topological polar surface area (TPSA) is 27.7 Å². The van der Waals surface area contributed by atoms with Gasteiger partial charge in [0, 0.05) is 19.8 Å². The van der Waals surface area contributed by atoms with E-state index in [4.69, 9.17) is 13.3 Å². The second-order valence-electron chi connectivity index (χ2n) is 5.87. The van der Waals surface area contributed by atoms with Crippen LogP contribution in [-0.4, -0.2) is 28.6 Å². The largest absolute Gasteiger partial charge is 0.529 e. The van der Waals surface area contributed by atoms with Crippen molar-refractivity contribution in [3.8, 4) is 0 Å². The van der Waals surface area contributed by atoms with Crippen molar-refractivity contribution in [1.29, 1.82) is 0 Å². The van der Waals surface area contributed by atoms with Crippen molar-refractivity contribution in [3.63, 3.8) is 0 Å². The summed E-state index contributed by atoms with van der Waals surface area (Å²) in [7, 11) is -2.72. The van der Waals surface area contributed by atoms with Gasteiger partial charge in [-0.25, -0.2) is 0 Å². The fraction of sp³-hybridized carbons (Fsp3) is 0.789. The predicted molar refractivity (Wildman–Crippen MR) is 102 cm³/mol. The summed E-state index contributed by atoms with van der Waals surface area (Å²) in [6, 6.07) is 0. The molecule has 4 heteroatoms. The molecule has 0 aliphatic carbocycles. The molecule has 0 saturated heterocycles. The summed E-state index contributed by atoms with van der Waals surface area (Å²) in [6.07, 6.45) is 14.0. The van der Waals surface area contributed by atoms with E-state index in [9.17, 15) is 0 Å². The summed E-state index contributed by atoms with van der Waals surface area (Å²) in [5.41, 5.74) is 1.99. The third kappa shape index (κ3) is 12.6. The van der Waals surface area contributed by atoms with E-state index in [1.165, 1.54) is 38.5 Å². The van der Waals surface area contributed by atoms with Crippen LogP contribution < -0.4 is 0 Å². The highest BCUT2D eigenvalue weighted by atomic mass is 28.4. The fourth-order valence-electron chi connectivity index (χ4n) is 2.15. The van der Waals surface area contributed by atoms with Gasteiger partial charge >= 0.3 is 8.80 Å². The first kappa shape index (κ1) is 22.6. The van der Waals surface area contributed by atoms with Gasteiger partial charge in [-0.15, -0.1) is 0 Å². The van der Waals surface area contributed by atoms with Crippen molar-refractivity contribution < 1.29 is 13.3 Å². The average molecular weight is 343 g/mol. The molecular weight excluding hydrogens is 304 g/mol. The number of rotatable bonds is 17. The number of unbranched alkanes of at least 4 members (excludes halogenated alkanes) is 6. The first-order valence-corrected chi connectivity index (χ1v) is 11.3. The Balaban J connectivity index is 4.65. The van der Waals surface area contributed by atoms with E-state index in [0.29, 0.717) is 19.8 Å². The third-order valence-corrected chi connectivity index (χ3v) is 6.01. The molecule has 0 fully saturated rings. The molecule has 0 N–H and O–H groups in total. The first-order valence-electron chi connectivity index (χ1n) is 9.46. The maximum Gasteiger partial charge on any atom is 0.529 e. The van der Waals surface area contributed by atoms with E-state index in [0.717, 1.165) is 19.3 Å². The molecule has 0 spiro atoms. The third-order valence-electron chi connectivity index (χ3n) is 3.59. The highest BCUT2D eigenvalue weighted by Crippen LogP contribution is 2.16. The molecule has 0 amide bonds. The zero-order valence-electron chi connectivity index (χ0n) is 15.6. The Bertz CT molecular complexity index is 261. The summed E-state index contributed by atoms with van der Waals surface area (Å²) in [5, 5.41) is 0. The molecule has 0 rings (SSSR count). The van der Waals surface area contributed by atoms with Crippen LogP contribution in [-0.2, 0) is 13.3 Å². The Kier molecular flexibility index (Phi) is 16.1. The summed E-state index contributed by atoms with van der Waals surface area (Å²) in [5.74, 6) is 0. The van der Waals surface area contributed by atoms with E-state index < -0.39 is 8.80 Å². The van der Waals surface area contributed by atoms with Crippen molar-refractivity contribution in [2.45, 2.75) is 78.6 Å². The van der Waals surface area contributed by atoms with Crippen molar-refractivity contribution in [3.05, 3.63) is 24.4 Å². The predicted octanol–water partition coefficient (Wildman–Crippen LogP) is 5.83. The van der Waals surface area contributed by atoms with Gasteiger partial charge in [-0.3, -0.25) is 0 Å². The molecule has 3 nitrogen and oxygen atoms in total. The molecule has 0 atom stereocenters. The highest BCUT2D eigenvalue weighted by molar-refractivity contribution is 6.66. The molecule has 0 heterocycles. The molecule has 0 aromatic heterocycles. The lowest BCUT2D eigenvalue weighted by molar-refractivity contribution is 0.0676. The zero-order chi connectivity index (χ0) is 17.2. The minimum atomic E-state index is -2.72. The van der Waals surface area contributed by atoms with E-state index in [1.54, 1.807) is 6.08 Å². The molecule has 0 aromatic carbocycles. The Morgan fingerprint density at radius 3 is 1.39 bits per heavy atom. The molecular formula is C19H38O3Si. The zero-order valence-corrected chi connectivity index (χ0v) is 16.6. The molecule has 0 saturated carbocycles. The van der Waals surface area contributed by atoms with Crippen LogP contribution in [0, 0.1) is 0 Å². The van der Waals surface area contributed by atoms with Gasteiger partial charge in [-0.05, 0) is 25.0 Å². The van der Waals surface area contributed by atoms with Crippen molar-refractivity contribution in [2.24, 2.45) is 0 Å². The van der Waals surface area contributed by atoms with E-state index >= 15 is 0 Å². The van der Waals surface area contributed by atoms with Gasteiger partial charge in [0.15, 0.2) is 0 Å². The smallest absolute Gasteiger partial charge is 0.370 e. The van der Waals surface area contributed by atoms with Gasteiger partial charge in [-0.2, -0.15) is 0 Å². The van der Waals surface area contributed by atoms with Crippen LogP contribution in [0.25, 0.3) is 0 Å². The molecule has 136 valence electrons. The average Bonchev–Trinajstić information content (AvgIpc) is 2.57. The van der Waals surface area contributed by atoms with Crippen molar-refractivity contribution in [2.75, 3.05) is 19.8 Å². The Morgan fingerprint density at radius 1 is 0.696 bits per heavy atom. The molecule has 0 radical (unpaired) electrons. The molecule has 0 aliphatic heterocycles. The molecule has 0 aromatic rings. The van der Waals surface area contributed by atoms with Gasteiger partial charge < -0.3 is 13.3 Å². The quantitative estimate of drug-likeness (QED) is 0.189. The standard InChI is InChI=1S/C19H38O3Si/c1-5-9-13-16-20-23(19-12-8-4,21-17-14-10-6-2)22-18-15-11-7-3/h8,12,19H,4-7,9-11,13-18H2,1-3H3. The number of hydrogen-bond acceptors (Lipinski definition) is 3. The van der Waals surface area contributed by atoms with Crippen LogP contribution in [0.4, 0.5) is 0 Å². The Labute approximate surface area is 145 Å². The van der Waals surface area contributed by atoms with Crippen LogP contribution in [0.1, 0.15) is 78.6 Å². The second-order valence-corrected chi connectivity index (χ2v) is 8.27. The Morgan fingerprint density at radius 2 is 1.09 bits per heavy atom.